The van der Waals surface area contributed by atoms with Gasteiger partial charge in [-0.25, -0.2) is 0 Å². The molecule has 6 nitrogen and oxygen atoms in total. The molecular weight excluding hydrogens is 412 g/mol. The van der Waals surface area contributed by atoms with Crippen LogP contribution in [0.2, 0.25) is 0 Å². The lowest BCUT2D eigenvalue weighted by molar-refractivity contribution is 0.0933. The van der Waals surface area contributed by atoms with Gasteiger partial charge in [0.25, 0.3) is 5.91 Å². The third-order valence-corrected chi connectivity index (χ3v) is 6.43. The number of likely N-dealkylation sites (tertiary alicyclic amines) is 1. The van der Waals surface area contributed by atoms with Crippen molar-refractivity contribution in [3.05, 3.63) is 77.7 Å². The van der Waals surface area contributed by atoms with Crippen LogP contribution in [0.1, 0.15) is 37.2 Å². The molecule has 1 aromatic heterocycles. The van der Waals surface area contributed by atoms with Gasteiger partial charge >= 0.3 is 0 Å². The van der Waals surface area contributed by atoms with E-state index in [-0.39, 0.29) is 11.9 Å². The number of methoxy groups -OCH3 is 1. The van der Waals surface area contributed by atoms with E-state index in [1.165, 1.54) is 6.42 Å². The maximum atomic E-state index is 12.5. The highest BCUT2D eigenvalue weighted by Crippen LogP contribution is 2.40. The number of carbonyl (C=O) groups is 1. The molecule has 172 valence electrons. The van der Waals surface area contributed by atoms with Crippen LogP contribution in [0.25, 0.3) is 0 Å². The zero-order valence-corrected chi connectivity index (χ0v) is 19.7. The molecule has 3 aliphatic rings. The predicted octanol–water partition coefficient (Wildman–Crippen LogP) is 3.69. The Morgan fingerprint density at radius 2 is 2.21 bits per heavy atom. The van der Waals surface area contributed by atoms with Crippen molar-refractivity contribution in [2.24, 2.45) is 11.8 Å². The van der Waals surface area contributed by atoms with Gasteiger partial charge in [0.1, 0.15) is 11.5 Å². The largest absolute Gasteiger partial charge is 0.497 e. The molecule has 0 radical (unpaired) electrons. The topological polar surface area (TPSA) is 57.7 Å². The van der Waals surface area contributed by atoms with Gasteiger partial charge in [0.15, 0.2) is 0 Å². The lowest BCUT2D eigenvalue weighted by atomic mass is 10.2. The first-order chi connectivity index (χ1) is 15.9. The normalized spacial score (nSPS) is 25.7. The molecule has 1 aromatic rings. The van der Waals surface area contributed by atoms with Crippen LogP contribution in [-0.2, 0) is 4.74 Å². The first kappa shape index (κ1) is 22.7. The second-order valence-corrected chi connectivity index (χ2v) is 8.96. The van der Waals surface area contributed by atoms with Gasteiger partial charge in [-0.15, -0.1) is 0 Å². The van der Waals surface area contributed by atoms with Crippen molar-refractivity contribution in [2.45, 2.75) is 32.7 Å². The molecule has 1 saturated heterocycles. The summed E-state index contributed by atoms with van der Waals surface area (Å²) in [7, 11) is 1.63. The molecule has 1 N–H and O–H groups in total. The molecule has 6 heteroatoms. The van der Waals surface area contributed by atoms with Gasteiger partial charge in [-0.05, 0) is 61.8 Å². The number of ether oxygens (including phenoxy) is 1. The van der Waals surface area contributed by atoms with E-state index in [2.05, 4.69) is 64.5 Å². The summed E-state index contributed by atoms with van der Waals surface area (Å²) in [5, 5.41) is 3.12. The average molecular weight is 445 g/mol. The van der Waals surface area contributed by atoms with Gasteiger partial charge in [-0.3, -0.25) is 9.78 Å². The van der Waals surface area contributed by atoms with Gasteiger partial charge in [0, 0.05) is 36.7 Å². The fourth-order valence-corrected chi connectivity index (χ4v) is 4.22. The molecule has 1 aliphatic carbocycles. The monoisotopic (exact) mass is 444 g/mol. The van der Waals surface area contributed by atoms with Crippen molar-refractivity contribution in [2.75, 3.05) is 26.7 Å². The molecule has 1 amide bonds. The van der Waals surface area contributed by atoms with E-state index >= 15 is 0 Å². The Morgan fingerprint density at radius 1 is 1.39 bits per heavy atom. The van der Waals surface area contributed by atoms with E-state index in [0.717, 1.165) is 42.5 Å². The predicted molar refractivity (Wildman–Crippen MR) is 130 cm³/mol. The van der Waals surface area contributed by atoms with Crippen LogP contribution in [0, 0.1) is 23.7 Å². The SMILES string of the molecule is C=C(/C=C(/C)N1CC#CC(N2CC[C@H](NC(=O)c3ccccn3)C2)=C/C1=C\[C@@H]1CC1C)OC. The van der Waals surface area contributed by atoms with Gasteiger partial charge in [0.05, 0.1) is 19.4 Å². The minimum absolute atomic E-state index is 0.0732. The summed E-state index contributed by atoms with van der Waals surface area (Å²) in [6.45, 7) is 10.5. The first-order valence-electron chi connectivity index (χ1n) is 11.5. The number of amides is 1. The highest BCUT2D eigenvalue weighted by molar-refractivity contribution is 5.92. The quantitative estimate of drug-likeness (QED) is 0.395. The molecule has 3 heterocycles. The zero-order valence-electron chi connectivity index (χ0n) is 19.7. The Morgan fingerprint density at radius 3 is 2.91 bits per heavy atom. The molecule has 2 fully saturated rings. The summed E-state index contributed by atoms with van der Waals surface area (Å²) >= 11 is 0. The van der Waals surface area contributed by atoms with Gasteiger partial charge in [-0.2, -0.15) is 0 Å². The highest BCUT2D eigenvalue weighted by atomic mass is 16.5. The molecule has 2 aliphatic heterocycles. The molecule has 4 rings (SSSR count). The summed E-state index contributed by atoms with van der Waals surface area (Å²) in [6.07, 6.45) is 10.3. The summed E-state index contributed by atoms with van der Waals surface area (Å²) in [4.78, 5) is 21.2. The number of rotatable bonds is 7. The Kier molecular flexibility index (Phi) is 6.88. The Bertz CT molecular complexity index is 1060. The molecule has 0 aromatic carbocycles. The van der Waals surface area contributed by atoms with Gasteiger partial charge in [-0.1, -0.05) is 31.6 Å². The van der Waals surface area contributed by atoms with E-state index in [4.69, 9.17) is 4.74 Å². The van der Waals surface area contributed by atoms with Crippen LogP contribution in [0.3, 0.4) is 0 Å². The van der Waals surface area contributed by atoms with Crippen LogP contribution >= 0.6 is 0 Å². The van der Waals surface area contributed by atoms with E-state index in [1.54, 1.807) is 19.4 Å². The molecule has 1 unspecified atom stereocenters. The highest BCUT2D eigenvalue weighted by Gasteiger charge is 2.32. The maximum absolute atomic E-state index is 12.5. The Hall–Kier alpha value is -3.46. The van der Waals surface area contributed by atoms with Crippen molar-refractivity contribution in [1.82, 2.24) is 20.1 Å². The van der Waals surface area contributed by atoms with Gasteiger partial charge in [0.2, 0.25) is 0 Å². The lowest BCUT2D eigenvalue weighted by Crippen LogP contribution is -2.37. The van der Waals surface area contributed by atoms with E-state index in [1.807, 2.05) is 18.2 Å². The third-order valence-electron chi connectivity index (χ3n) is 6.43. The standard InChI is InChI=1S/C27H32N4O2/c1-19-14-22(19)16-25-17-24(8-7-12-31(25)20(2)15-21(3)33-4)30-13-10-23(18-30)29-27(32)26-9-5-6-11-28-26/h5-6,9,11,15-17,19,22-23H,3,10,12-14,18H2,1-2,4H3,(H,29,32)/b20-15-,25-16+/t19?,22-,23-/m0/s1. The van der Waals surface area contributed by atoms with Crippen LogP contribution in [-0.4, -0.2) is 53.5 Å². The molecule has 1 saturated carbocycles. The minimum Gasteiger partial charge on any atom is -0.497 e. The van der Waals surface area contributed by atoms with Crippen molar-refractivity contribution in [1.29, 1.82) is 0 Å². The van der Waals surface area contributed by atoms with Crippen molar-refractivity contribution in [3.63, 3.8) is 0 Å². The van der Waals surface area contributed by atoms with E-state index in [9.17, 15) is 4.79 Å². The lowest BCUT2D eigenvalue weighted by Gasteiger charge is -2.25. The molecule has 33 heavy (non-hydrogen) atoms. The van der Waals surface area contributed by atoms with Crippen LogP contribution in [0.15, 0.2) is 72.1 Å². The number of nitrogens with one attached hydrogen (secondary N) is 1. The molecular formula is C27H32N4O2. The van der Waals surface area contributed by atoms with Crippen LogP contribution < -0.4 is 5.32 Å². The van der Waals surface area contributed by atoms with Crippen LogP contribution in [0.4, 0.5) is 0 Å². The number of aromatic nitrogens is 1. The second kappa shape index (κ2) is 9.99. The summed E-state index contributed by atoms with van der Waals surface area (Å²) in [5.74, 6) is 8.51. The van der Waals surface area contributed by atoms with E-state index in [0.29, 0.717) is 23.9 Å². The maximum Gasteiger partial charge on any atom is 0.270 e. The number of carbonyl (C=O) groups excluding carboxylic acids is 1. The number of pyridine rings is 1. The second-order valence-electron chi connectivity index (χ2n) is 8.96. The minimum atomic E-state index is -0.128. The number of hydrogen-bond donors (Lipinski definition) is 1. The fourth-order valence-electron chi connectivity index (χ4n) is 4.22. The van der Waals surface area contributed by atoms with E-state index < -0.39 is 0 Å². The fraction of sp³-hybridized carbons (Fsp3) is 0.407. The zero-order chi connectivity index (χ0) is 23.4. The summed E-state index contributed by atoms with van der Waals surface area (Å²) in [6, 6.07) is 5.45. The number of nitrogens with zero attached hydrogens (tertiary/aromatic N) is 3. The molecule has 0 spiro atoms. The first-order valence-corrected chi connectivity index (χ1v) is 11.5. The number of hydrogen-bond acceptors (Lipinski definition) is 5. The van der Waals surface area contributed by atoms with Crippen molar-refractivity contribution < 1.29 is 9.53 Å². The molecule has 0 bridgehead atoms. The summed E-state index contributed by atoms with van der Waals surface area (Å²) in [5.41, 5.74) is 3.65. The van der Waals surface area contributed by atoms with Crippen LogP contribution in [0.5, 0.6) is 0 Å². The Labute approximate surface area is 196 Å². The van der Waals surface area contributed by atoms with Crippen molar-refractivity contribution >= 4 is 5.91 Å². The third kappa shape index (κ3) is 5.67. The Balaban J connectivity index is 1.50. The van der Waals surface area contributed by atoms with Crippen molar-refractivity contribution in [3.8, 4) is 11.8 Å². The number of allylic oxidation sites excluding steroid dienone is 5. The molecule has 3 atom stereocenters. The average Bonchev–Trinajstić information content (AvgIpc) is 3.39. The smallest absolute Gasteiger partial charge is 0.270 e. The summed E-state index contributed by atoms with van der Waals surface area (Å²) < 4.78 is 5.25. The van der Waals surface area contributed by atoms with Gasteiger partial charge < -0.3 is 19.9 Å².